The Morgan fingerprint density at radius 3 is 2.70 bits per heavy atom. The van der Waals surface area contributed by atoms with E-state index in [1.54, 1.807) is 5.57 Å². The van der Waals surface area contributed by atoms with E-state index in [9.17, 15) is 4.79 Å². The summed E-state index contributed by atoms with van der Waals surface area (Å²) < 4.78 is 12.1. The monoisotopic (exact) mass is 370 g/mol. The summed E-state index contributed by atoms with van der Waals surface area (Å²) >= 11 is 0. The first-order valence-electron chi connectivity index (χ1n) is 11.0. The van der Waals surface area contributed by atoms with Crippen LogP contribution in [0.1, 0.15) is 65.2 Å². The number of carbonyl (C=O) groups is 1. The molecule has 0 aromatic carbocycles. The minimum atomic E-state index is -0.337. The Balaban J connectivity index is 1.48. The van der Waals surface area contributed by atoms with Crippen LogP contribution < -0.4 is 0 Å². The van der Waals surface area contributed by atoms with E-state index in [1.165, 1.54) is 6.42 Å². The number of carbonyl (C=O) groups excluding carboxylic acids is 1. The van der Waals surface area contributed by atoms with Gasteiger partial charge in [0.05, 0.1) is 13.2 Å². The summed E-state index contributed by atoms with van der Waals surface area (Å²) in [5.74, 6) is 2.57. The third-order valence-electron chi connectivity index (χ3n) is 9.24. The highest BCUT2D eigenvalue weighted by Gasteiger charge is 2.62. The lowest BCUT2D eigenvalue weighted by atomic mass is 9.47. The van der Waals surface area contributed by atoms with E-state index in [-0.39, 0.29) is 16.6 Å². The number of hydrogen-bond acceptors (Lipinski definition) is 3. The van der Waals surface area contributed by atoms with Crippen molar-refractivity contribution in [1.82, 2.24) is 0 Å². The molecule has 0 amide bonds. The highest BCUT2D eigenvalue weighted by molar-refractivity contribution is 5.87. The van der Waals surface area contributed by atoms with Crippen molar-refractivity contribution >= 4 is 5.78 Å². The molecule has 0 aromatic heterocycles. The van der Waals surface area contributed by atoms with Gasteiger partial charge >= 0.3 is 0 Å². The second-order valence-electron chi connectivity index (χ2n) is 10.3. The Bertz CT molecular complexity index is 688. The van der Waals surface area contributed by atoms with Crippen molar-refractivity contribution in [2.45, 2.75) is 71.0 Å². The molecule has 0 radical (unpaired) electrons. The third kappa shape index (κ3) is 2.43. The molecule has 1 aliphatic heterocycles. The Morgan fingerprint density at radius 1 is 1.19 bits per heavy atom. The molecule has 6 atom stereocenters. The minimum Gasteiger partial charge on any atom is -0.347 e. The number of ketones is 1. The molecule has 3 heteroatoms. The van der Waals surface area contributed by atoms with Gasteiger partial charge in [0.25, 0.3) is 0 Å². The number of ether oxygens (including phenoxy) is 2. The van der Waals surface area contributed by atoms with Crippen LogP contribution in [0, 0.1) is 34.5 Å². The molecule has 5 rings (SSSR count). The van der Waals surface area contributed by atoms with E-state index < -0.39 is 0 Å². The maximum atomic E-state index is 12.9. The standard InChI is InChI=1S/C24H34O3/c1-4-5-16-14-20(25)23(3)9-8-19-18(21(16)23)7-6-17-15-24(26-12-13-27-24)11-10-22(17,19)2/h4,6,16,18-19,21H,1,5,7-15H2,2-3H3/t16?,18?,19?,21?,22-,23+/m0/s1. The van der Waals surface area contributed by atoms with Crippen molar-refractivity contribution in [2.75, 3.05) is 13.2 Å². The van der Waals surface area contributed by atoms with Gasteiger partial charge in [0.2, 0.25) is 0 Å². The number of allylic oxidation sites excluding steroid dienone is 2. The van der Waals surface area contributed by atoms with Crippen molar-refractivity contribution in [1.29, 1.82) is 0 Å². The molecule has 1 heterocycles. The number of hydrogen-bond donors (Lipinski definition) is 0. The lowest BCUT2D eigenvalue weighted by molar-refractivity contribution is -0.185. The molecule has 1 spiro atoms. The lowest BCUT2D eigenvalue weighted by Crippen LogP contribution is -2.53. The van der Waals surface area contributed by atoms with Crippen LogP contribution in [0.5, 0.6) is 0 Å². The average molecular weight is 371 g/mol. The van der Waals surface area contributed by atoms with Gasteiger partial charge < -0.3 is 9.47 Å². The Labute approximate surface area is 163 Å². The summed E-state index contributed by atoms with van der Waals surface area (Å²) in [5.41, 5.74) is 1.74. The fourth-order valence-corrected chi connectivity index (χ4v) is 7.84. The van der Waals surface area contributed by atoms with Crippen LogP contribution >= 0.6 is 0 Å². The molecule has 27 heavy (non-hydrogen) atoms. The molecule has 5 aliphatic rings. The lowest BCUT2D eigenvalue weighted by Gasteiger charge is -2.58. The van der Waals surface area contributed by atoms with Gasteiger partial charge in [-0.25, -0.2) is 0 Å². The summed E-state index contributed by atoms with van der Waals surface area (Å²) in [6, 6.07) is 0. The van der Waals surface area contributed by atoms with E-state index >= 15 is 0 Å². The van der Waals surface area contributed by atoms with Gasteiger partial charge in [-0.1, -0.05) is 31.6 Å². The second kappa shape index (κ2) is 6.03. The van der Waals surface area contributed by atoms with Crippen LogP contribution in [0.4, 0.5) is 0 Å². The predicted octanol–water partition coefficient (Wildman–Crippen LogP) is 5.06. The summed E-state index contributed by atoms with van der Waals surface area (Å²) in [4.78, 5) is 12.9. The molecule has 0 bridgehead atoms. The fraction of sp³-hybridized carbons (Fsp3) is 0.792. The summed E-state index contributed by atoms with van der Waals surface area (Å²) in [6.45, 7) is 10.2. The molecular formula is C24H34O3. The quantitative estimate of drug-likeness (QED) is 0.637. The molecule has 0 N–H and O–H groups in total. The first kappa shape index (κ1) is 18.1. The van der Waals surface area contributed by atoms with Crippen LogP contribution in [0.15, 0.2) is 24.3 Å². The minimum absolute atomic E-state index is 0.0931. The zero-order valence-electron chi connectivity index (χ0n) is 17.0. The summed E-state index contributed by atoms with van der Waals surface area (Å²) in [6.07, 6.45) is 12.9. The Morgan fingerprint density at radius 2 is 1.96 bits per heavy atom. The van der Waals surface area contributed by atoms with E-state index in [4.69, 9.17) is 9.47 Å². The van der Waals surface area contributed by atoms with Gasteiger partial charge in [0.1, 0.15) is 5.78 Å². The third-order valence-corrected chi connectivity index (χ3v) is 9.24. The van der Waals surface area contributed by atoms with Gasteiger partial charge in [-0.05, 0) is 61.2 Å². The number of Topliss-reactive ketones (excluding diaryl/α,β-unsaturated/α-hetero) is 1. The van der Waals surface area contributed by atoms with Crippen molar-refractivity contribution < 1.29 is 14.3 Å². The summed E-state index contributed by atoms with van der Waals surface area (Å²) in [7, 11) is 0. The molecule has 4 fully saturated rings. The van der Waals surface area contributed by atoms with E-state index in [1.807, 2.05) is 6.08 Å². The molecule has 148 valence electrons. The normalized spacial score (nSPS) is 47.9. The highest BCUT2D eigenvalue weighted by Crippen LogP contribution is 2.66. The second-order valence-corrected chi connectivity index (χ2v) is 10.3. The smallest absolute Gasteiger partial charge is 0.172 e. The molecular weight excluding hydrogens is 336 g/mol. The maximum absolute atomic E-state index is 12.9. The van der Waals surface area contributed by atoms with Gasteiger partial charge in [0, 0.05) is 24.7 Å². The van der Waals surface area contributed by atoms with Gasteiger partial charge in [-0.3, -0.25) is 4.79 Å². The molecule has 1 saturated heterocycles. The Hall–Kier alpha value is -0.930. The average Bonchev–Trinajstić information content (AvgIpc) is 3.19. The topological polar surface area (TPSA) is 35.5 Å². The SMILES string of the molecule is C=CCC1CC(=O)[C@@]2(C)CCC3C(CC=C4CC5(CC[C@@]43C)OCCO5)C12. The van der Waals surface area contributed by atoms with Crippen molar-refractivity contribution in [2.24, 2.45) is 34.5 Å². The van der Waals surface area contributed by atoms with E-state index in [2.05, 4.69) is 26.5 Å². The van der Waals surface area contributed by atoms with Crippen LogP contribution in [0.25, 0.3) is 0 Å². The van der Waals surface area contributed by atoms with Gasteiger partial charge in [-0.15, -0.1) is 6.58 Å². The first-order chi connectivity index (χ1) is 12.9. The van der Waals surface area contributed by atoms with Crippen LogP contribution in [0.2, 0.25) is 0 Å². The molecule has 4 unspecified atom stereocenters. The van der Waals surface area contributed by atoms with Crippen LogP contribution in [0.3, 0.4) is 0 Å². The largest absolute Gasteiger partial charge is 0.347 e. The van der Waals surface area contributed by atoms with E-state index in [0.29, 0.717) is 29.5 Å². The van der Waals surface area contributed by atoms with E-state index in [0.717, 1.165) is 58.2 Å². The Kier molecular flexibility index (Phi) is 4.05. The number of rotatable bonds is 2. The highest BCUT2D eigenvalue weighted by atomic mass is 16.7. The maximum Gasteiger partial charge on any atom is 0.172 e. The number of fused-ring (bicyclic) bond motifs is 5. The zero-order valence-corrected chi connectivity index (χ0v) is 17.0. The van der Waals surface area contributed by atoms with Crippen molar-refractivity contribution in [3.63, 3.8) is 0 Å². The van der Waals surface area contributed by atoms with Gasteiger partial charge in [0.15, 0.2) is 5.79 Å². The molecule has 3 saturated carbocycles. The summed E-state index contributed by atoms with van der Waals surface area (Å²) in [5, 5.41) is 0. The van der Waals surface area contributed by atoms with Crippen molar-refractivity contribution in [3.8, 4) is 0 Å². The molecule has 0 aromatic rings. The van der Waals surface area contributed by atoms with Crippen LogP contribution in [-0.2, 0) is 14.3 Å². The molecule has 4 aliphatic carbocycles. The predicted molar refractivity (Wildman–Crippen MR) is 105 cm³/mol. The van der Waals surface area contributed by atoms with Crippen LogP contribution in [-0.4, -0.2) is 24.8 Å². The van der Waals surface area contributed by atoms with Gasteiger partial charge in [-0.2, -0.15) is 0 Å². The zero-order chi connectivity index (χ0) is 18.9. The van der Waals surface area contributed by atoms with Crippen molar-refractivity contribution in [3.05, 3.63) is 24.3 Å². The molecule has 3 nitrogen and oxygen atoms in total. The first-order valence-corrected chi connectivity index (χ1v) is 11.0. The fourth-order valence-electron chi connectivity index (χ4n) is 7.84.